The van der Waals surface area contributed by atoms with E-state index < -0.39 is 0 Å². The molecule has 0 spiro atoms. The van der Waals surface area contributed by atoms with Crippen LogP contribution in [0, 0.1) is 0 Å². The van der Waals surface area contributed by atoms with E-state index in [0.29, 0.717) is 5.02 Å². The molecule has 2 heteroatoms. The van der Waals surface area contributed by atoms with Gasteiger partial charge in [-0.2, -0.15) is 0 Å². The minimum absolute atomic E-state index is 0.702. The molecule has 0 amide bonds. The summed E-state index contributed by atoms with van der Waals surface area (Å²) >= 11 is 6.05. The van der Waals surface area contributed by atoms with Crippen molar-refractivity contribution >= 4 is 28.1 Å². The first-order chi connectivity index (χ1) is 10.3. The average molecular weight is 293 g/mol. The van der Waals surface area contributed by atoms with Gasteiger partial charge in [0, 0.05) is 10.6 Å². The lowest BCUT2D eigenvalue weighted by Crippen LogP contribution is -2.03. The Hall–Kier alpha value is -2.25. The van der Waals surface area contributed by atoms with Crippen LogP contribution in [0.15, 0.2) is 66.7 Å². The molecule has 3 aromatic rings. The van der Waals surface area contributed by atoms with Crippen LogP contribution in [0.3, 0.4) is 0 Å². The van der Waals surface area contributed by atoms with Crippen molar-refractivity contribution in [3.8, 4) is 5.75 Å². The van der Waals surface area contributed by atoms with Gasteiger partial charge >= 0.3 is 0 Å². The molecule has 0 bridgehead atoms. The van der Waals surface area contributed by atoms with Gasteiger partial charge in [0.15, 0.2) is 0 Å². The summed E-state index contributed by atoms with van der Waals surface area (Å²) in [7, 11) is 0. The highest BCUT2D eigenvalue weighted by Gasteiger charge is 2.14. The maximum atomic E-state index is 6.05. The summed E-state index contributed by atoms with van der Waals surface area (Å²) in [5.41, 5.74) is 2.27. The van der Waals surface area contributed by atoms with Crippen LogP contribution in [-0.2, 0) is 6.42 Å². The molecule has 102 valence electrons. The molecule has 0 radical (unpaired) electrons. The Morgan fingerprint density at radius 2 is 1.71 bits per heavy atom. The van der Waals surface area contributed by atoms with Gasteiger partial charge in [-0.25, -0.2) is 0 Å². The van der Waals surface area contributed by atoms with E-state index in [0.717, 1.165) is 23.5 Å². The molecular formula is C19H13ClO. The first kappa shape index (κ1) is 12.5. The summed E-state index contributed by atoms with van der Waals surface area (Å²) in [6, 6.07) is 20.5. The van der Waals surface area contributed by atoms with Crippen LogP contribution in [0.25, 0.3) is 16.5 Å². The normalized spacial score (nSPS) is 13.5. The van der Waals surface area contributed by atoms with Crippen LogP contribution in [0.4, 0.5) is 0 Å². The van der Waals surface area contributed by atoms with Crippen molar-refractivity contribution in [2.75, 3.05) is 0 Å². The number of hydrogen-bond donors (Lipinski definition) is 0. The van der Waals surface area contributed by atoms with Crippen LogP contribution in [-0.4, -0.2) is 0 Å². The third-order valence-corrected chi connectivity index (χ3v) is 4.03. The van der Waals surface area contributed by atoms with Gasteiger partial charge in [0.2, 0.25) is 0 Å². The smallest absolute Gasteiger partial charge is 0.132 e. The van der Waals surface area contributed by atoms with Gasteiger partial charge in [-0.05, 0) is 47.0 Å². The topological polar surface area (TPSA) is 9.23 Å². The third-order valence-electron chi connectivity index (χ3n) is 3.79. The van der Waals surface area contributed by atoms with Crippen molar-refractivity contribution in [3.05, 3.63) is 82.9 Å². The Kier molecular flexibility index (Phi) is 2.94. The summed E-state index contributed by atoms with van der Waals surface area (Å²) in [6.07, 6.45) is 3.00. The monoisotopic (exact) mass is 292 g/mol. The fourth-order valence-electron chi connectivity index (χ4n) is 2.67. The molecule has 4 rings (SSSR count). The summed E-state index contributed by atoms with van der Waals surface area (Å²) < 4.78 is 6.02. The van der Waals surface area contributed by atoms with Crippen LogP contribution >= 0.6 is 11.6 Å². The van der Waals surface area contributed by atoms with Crippen molar-refractivity contribution in [2.45, 2.75) is 6.42 Å². The first-order valence-electron chi connectivity index (χ1n) is 6.95. The molecule has 3 aromatic carbocycles. The van der Waals surface area contributed by atoms with E-state index in [-0.39, 0.29) is 0 Å². The number of allylic oxidation sites excluding steroid dienone is 1. The van der Waals surface area contributed by atoms with Gasteiger partial charge in [0.1, 0.15) is 11.5 Å². The second-order valence-electron chi connectivity index (χ2n) is 5.19. The van der Waals surface area contributed by atoms with Crippen molar-refractivity contribution in [1.82, 2.24) is 0 Å². The molecule has 0 fully saturated rings. The zero-order valence-electron chi connectivity index (χ0n) is 11.3. The Bertz CT molecular complexity index is 864. The molecule has 1 aliphatic rings. The number of fused-ring (bicyclic) bond motifs is 2. The third kappa shape index (κ3) is 2.30. The second-order valence-corrected chi connectivity index (χ2v) is 5.62. The summed E-state index contributed by atoms with van der Waals surface area (Å²) in [5, 5.41) is 3.16. The highest BCUT2D eigenvalue weighted by molar-refractivity contribution is 6.30. The molecule has 0 aliphatic carbocycles. The molecule has 21 heavy (non-hydrogen) atoms. The molecular weight excluding hydrogens is 280 g/mol. The van der Waals surface area contributed by atoms with Crippen LogP contribution in [0.2, 0.25) is 5.02 Å². The van der Waals surface area contributed by atoms with Gasteiger partial charge in [0.25, 0.3) is 0 Å². The van der Waals surface area contributed by atoms with E-state index >= 15 is 0 Å². The number of ether oxygens (including phenoxy) is 1. The maximum absolute atomic E-state index is 6.05. The molecule has 0 unspecified atom stereocenters. The lowest BCUT2D eigenvalue weighted by atomic mass is 10.0. The van der Waals surface area contributed by atoms with Crippen molar-refractivity contribution in [2.24, 2.45) is 0 Å². The van der Waals surface area contributed by atoms with E-state index in [1.807, 2.05) is 18.2 Å². The largest absolute Gasteiger partial charge is 0.457 e. The highest BCUT2D eigenvalue weighted by atomic mass is 35.5. The number of rotatable bonds is 1. The van der Waals surface area contributed by atoms with Gasteiger partial charge in [-0.3, -0.25) is 0 Å². The van der Waals surface area contributed by atoms with E-state index in [4.69, 9.17) is 16.3 Å². The number of halogens is 1. The highest BCUT2D eigenvalue weighted by Crippen LogP contribution is 2.33. The van der Waals surface area contributed by atoms with Crippen molar-refractivity contribution < 1.29 is 4.74 Å². The number of benzene rings is 3. The zero-order chi connectivity index (χ0) is 14.2. The quantitative estimate of drug-likeness (QED) is 0.578. The zero-order valence-corrected chi connectivity index (χ0v) is 12.1. The van der Waals surface area contributed by atoms with Crippen molar-refractivity contribution in [3.63, 3.8) is 0 Å². The Morgan fingerprint density at radius 1 is 0.857 bits per heavy atom. The predicted octanol–water partition coefficient (Wildman–Crippen LogP) is 5.47. The van der Waals surface area contributed by atoms with Crippen LogP contribution in [0.5, 0.6) is 5.75 Å². The molecule has 1 heterocycles. The Morgan fingerprint density at radius 3 is 2.62 bits per heavy atom. The fraction of sp³-hybridized carbons (Fsp3) is 0.0526. The SMILES string of the molecule is Clc1ccc2c(c1)OC(c1ccc3ccccc3c1)=CC2. The molecule has 0 saturated heterocycles. The standard InChI is InChI=1S/C19H13ClO/c20-17-9-7-14-8-10-18(21-19(14)12-17)16-6-5-13-3-1-2-4-15(13)11-16/h1-7,9-12H,8H2. The first-order valence-corrected chi connectivity index (χ1v) is 7.33. The predicted molar refractivity (Wildman–Crippen MR) is 87.7 cm³/mol. The molecule has 1 aliphatic heterocycles. The van der Waals surface area contributed by atoms with Crippen molar-refractivity contribution in [1.29, 1.82) is 0 Å². The van der Waals surface area contributed by atoms with E-state index in [1.54, 1.807) is 0 Å². The Labute approximate surface area is 128 Å². The minimum Gasteiger partial charge on any atom is -0.457 e. The Balaban J connectivity index is 1.74. The molecule has 0 atom stereocenters. The molecule has 0 saturated carbocycles. The van der Waals surface area contributed by atoms with Crippen LogP contribution < -0.4 is 4.74 Å². The van der Waals surface area contributed by atoms with Gasteiger partial charge in [0.05, 0.1) is 0 Å². The summed E-state index contributed by atoms with van der Waals surface area (Å²) in [4.78, 5) is 0. The van der Waals surface area contributed by atoms with Gasteiger partial charge < -0.3 is 4.74 Å². The lowest BCUT2D eigenvalue weighted by Gasteiger charge is -2.19. The fourth-order valence-corrected chi connectivity index (χ4v) is 2.84. The summed E-state index contributed by atoms with van der Waals surface area (Å²) in [6.45, 7) is 0. The second kappa shape index (κ2) is 4.94. The van der Waals surface area contributed by atoms with Crippen LogP contribution in [0.1, 0.15) is 11.1 Å². The molecule has 0 aromatic heterocycles. The van der Waals surface area contributed by atoms with Gasteiger partial charge in [-0.15, -0.1) is 0 Å². The van der Waals surface area contributed by atoms with Gasteiger partial charge in [-0.1, -0.05) is 54.1 Å². The summed E-state index contributed by atoms with van der Waals surface area (Å²) in [5.74, 6) is 1.75. The molecule has 0 N–H and O–H groups in total. The lowest BCUT2D eigenvalue weighted by molar-refractivity contribution is 0.498. The minimum atomic E-state index is 0.702. The molecule has 1 nitrogen and oxygen atoms in total. The van der Waals surface area contributed by atoms with E-state index in [1.165, 1.54) is 16.3 Å². The maximum Gasteiger partial charge on any atom is 0.132 e. The van der Waals surface area contributed by atoms with E-state index in [2.05, 4.69) is 48.5 Å². The number of hydrogen-bond acceptors (Lipinski definition) is 1. The average Bonchev–Trinajstić information content (AvgIpc) is 2.53. The van der Waals surface area contributed by atoms with E-state index in [9.17, 15) is 0 Å².